The van der Waals surface area contributed by atoms with Gasteiger partial charge in [0.1, 0.15) is 23.8 Å². The number of halogens is 4. The van der Waals surface area contributed by atoms with Crippen molar-refractivity contribution in [1.82, 2.24) is 15.0 Å². The number of aromatic amines is 1. The van der Waals surface area contributed by atoms with Crippen LogP contribution < -0.4 is 10.6 Å². The molecule has 4 rings (SSSR count). The van der Waals surface area contributed by atoms with Crippen molar-refractivity contribution < 1.29 is 17.6 Å². The van der Waals surface area contributed by atoms with Crippen molar-refractivity contribution in [1.29, 1.82) is 0 Å². The number of hydrogen-bond acceptors (Lipinski definition) is 4. The highest BCUT2D eigenvalue weighted by Crippen LogP contribution is 2.31. The second-order valence-corrected chi connectivity index (χ2v) is 7.51. The molecule has 2 aromatic carbocycles. The molecule has 0 amide bonds. The molecule has 2 heterocycles. The lowest BCUT2D eigenvalue weighted by atomic mass is 10.0. The van der Waals surface area contributed by atoms with Gasteiger partial charge in [0, 0.05) is 29.4 Å². The topological polar surface area (TPSA) is 65.6 Å². The van der Waals surface area contributed by atoms with E-state index in [9.17, 15) is 17.6 Å². The predicted octanol–water partition coefficient (Wildman–Crippen LogP) is 6.13. The van der Waals surface area contributed by atoms with Gasteiger partial charge in [0.05, 0.1) is 11.1 Å². The van der Waals surface area contributed by atoms with Crippen LogP contribution in [0.25, 0.3) is 10.9 Å². The first kappa shape index (κ1) is 21.6. The highest BCUT2D eigenvalue weighted by atomic mass is 19.4. The Morgan fingerprint density at radius 2 is 1.78 bits per heavy atom. The maximum Gasteiger partial charge on any atom is 0.416 e. The number of fused-ring (bicyclic) bond motifs is 1. The molecule has 0 aliphatic heterocycles. The van der Waals surface area contributed by atoms with Crippen LogP contribution in [-0.4, -0.2) is 21.5 Å². The molecule has 0 spiro atoms. The molecule has 32 heavy (non-hydrogen) atoms. The van der Waals surface area contributed by atoms with Crippen LogP contribution in [0.2, 0.25) is 0 Å². The Bertz CT molecular complexity index is 1260. The van der Waals surface area contributed by atoms with Gasteiger partial charge >= 0.3 is 6.18 Å². The minimum Gasteiger partial charge on any atom is -0.370 e. The lowest BCUT2D eigenvalue weighted by Crippen LogP contribution is -2.08. The molecule has 0 atom stereocenters. The number of H-pyrrole nitrogens is 1. The highest BCUT2D eigenvalue weighted by Gasteiger charge is 2.30. The van der Waals surface area contributed by atoms with Crippen LogP contribution in [0.15, 0.2) is 48.8 Å². The van der Waals surface area contributed by atoms with Gasteiger partial charge < -0.3 is 15.6 Å². The SMILES string of the molecule is Cc1[nH]c2c(F)ccc(C)c2c1CCNc1cc(Nc2cccc(C(F)(F)F)c2)ncn1. The lowest BCUT2D eigenvalue weighted by Gasteiger charge is -2.11. The molecular weight excluding hydrogens is 422 g/mol. The Hall–Kier alpha value is -3.62. The lowest BCUT2D eigenvalue weighted by molar-refractivity contribution is -0.137. The normalized spacial score (nSPS) is 11.7. The molecule has 0 fully saturated rings. The van der Waals surface area contributed by atoms with Crippen molar-refractivity contribution in [2.75, 3.05) is 17.2 Å². The van der Waals surface area contributed by atoms with E-state index in [2.05, 4.69) is 25.6 Å². The third kappa shape index (κ3) is 4.51. The van der Waals surface area contributed by atoms with Crippen LogP contribution >= 0.6 is 0 Å². The standard InChI is InChI=1S/C23H21F4N5/c1-13-6-7-18(24)22-21(13)17(14(2)31-22)8-9-28-19-11-20(30-12-29-19)32-16-5-3-4-15(10-16)23(25,26)27/h3-7,10-12,31H,8-9H2,1-2H3,(H2,28,29,30,32). The summed E-state index contributed by atoms with van der Waals surface area (Å²) in [4.78, 5) is 11.4. The summed E-state index contributed by atoms with van der Waals surface area (Å²) in [6.07, 6.45) is -2.46. The minimum atomic E-state index is -4.42. The Labute approximate surface area is 181 Å². The van der Waals surface area contributed by atoms with E-state index in [-0.39, 0.29) is 11.5 Å². The number of nitrogens with zero attached hydrogens (tertiary/aromatic N) is 2. The average Bonchev–Trinajstić information content (AvgIpc) is 3.08. The smallest absolute Gasteiger partial charge is 0.370 e. The van der Waals surface area contributed by atoms with Gasteiger partial charge in [0.2, 0.25) is 0 Å². The summed E-state index contributed by atoms with van der Waals surface area (Å²) >= 11 is 0. The summed E-state index contributed by atoms with van der Waals surface area (Å²) in [5.74, 6) is 0.604. The Balaban J connectivity index is 1.45. The maximum absolute atomic E-state index is 14.1. The van der Waals surface area contributed by atoms with E-state index in [4.69, 9.17) is 0 Å². The van der Waals surface area contributed by atoms with Crippen LogP contribution in [0.4, 0.5) is 34.9 Å². The van der Waals surface area contributed by atoms with Crippen molar-refractivity contribution in [3.05, 3.63) is 77.0 Å². The molecule has 4 aromatic rings. The third-order valence-electron chi connectivity index (χ3n) is 5.24. The van der Waals surface area contributed by atoms with E-state index in [1.165, 1.54) is 24.5 Å². The summed E-state index contributed by atoms with van der Waals surface area (Å²) < 4.78 is 52.9. The molecule has 0 saturated carbocycles. The van der Waals surface area contributed by atoms with Crippen LogP contribution in [0.1, 0.15) is 22.4 Å². The Morgan fingerprint density at radius 3 is 2.56 bits per heavy atom. The molecule has 0 bridgehead atoms. The average molecular weight is 443 g/mol. The highest BCUT2D eigenvalue weighted by molar-refractivity contribution is 5.88. The minimum absolute atomic E-state index is 0.274. The zero-order chi connectivity index (χ0) is 22.9. The first-order valence-corrected chi connectivity index (χ1v) is 9.99. The van der Waals surface area contributed by atoms with Gasteiger partial charge in [-0.25, -0.2) is 14.4 Å². The monoisotopic (exact) mass is 443 g/mol. The second-order valence-electron chi connectivity index (χ2n) is 7.51. The van der Waals surface area contributed by atoms with E-state index >= 15 is 0 Å². The van der Waals surface area contributed by atoms with E-state index in [1.807, 2.05) is 13.8 Å². The molecule has 0 aliphatic carbocycles. The maximum atomic E-state index is 14.1. The molecule has 166 valence electrons. The fourth-order valence-corrected chi connectivity index (χ4v) is 3.71. The Morgan fingerprint density at radius 1 is 1.00 bits per heavy atom. The molecule has 9 heteroatoms. The summed E-state index contributed by atoms with van der Waals surface area (Å²) in [6.45, 7) is 4.39. The van der Waals surface area contributed by atoms with Crippen molar-refractivity contribution in [3.8, 4) is 0 Å². The summed E-state index contributed by atoms with van der Waals surface area (Å²) in [5.41, 5.74) is 2.97. The number of alkyl halides is 3. The molecule has 0 saturated heterocycles. The van der Waals surface area contributed by atoms with Crippen molar-refractivity contribution >= 4 is 28.2 Å². The van der Waals surface area contributed by atoms with E-state index in [0.717, 1.165) is 34.3 Å². The number of nitrogens with one attached hydrogen (secondary N) is 3. The Kier molecular flexibility index (Phi) is 5.73. The predicted molar refractivity (Wildman–Crippen MR) is 117 cm³/mol. The third-order valence-corrected chi connectivity index (χ3v) is 5.24. The number of benzene rings is 2. The quantitative estimate of drug-likeness (QED) is 0.314. The number of aromatic nitrogens is 3. The van der Waals surface area contributed by atoms with Gasteiger partial charge in [-0.1, -0.05) is 12.1 Å². The van der Waals surface area contributed by atoms with E-state index in [1.54, 1.807) is 12.1 Å². The fourth-order valence-electron chi connectivity index (χ4n) is 3.71. The largest absolute Gasteiger partial charge is 0.416 e. The molecular formula is C23H21F4N5. The van der Waals surface area contributed by atoms with Gasteiger partial charge in [0.25, 0.3) is 0 Å². The van der Waals surface area contributed by atoms with Crippen molar-refractivity contribution in [2.45, 2.75) is 26.4 Å². The first-order chi connectivity index (χ1) is 15.2. The molecule has 5 nitrogen and oxygen atoms in total. The summed E-state index contributed by atoms with van der Waals surface area (Å²) in [5, 5.41) is 6.95. The molecule has 0 unspecified atom stereocenters. The van der Waals surface area contributed by atoms with Crippen molar-refractivity contribution in [3.63, 3.8) is 0 Å². The number of hydrogen-bond donors (Lipinski definition) is 3. The number of anilines is 3. The van der Waals surface area contributed by atoms with E-state index in [0.29, 0.717) is 30.1 Å². The number of rotatable bonds is 6. The zero-order valence-corrected chi connectivity index (χ0v) is 17.4. The van der Waals surface area contributed by atoms with Crippen LogP contribution in [-0.2, 0) is 12.6 Å². The van der Waals surface area contributed by atoms with Crippen molar-refractivity contribution in [2.24, 2.45) is 0 Å². The molecule has 2 aromatic heterocycles. The van der Waals surface area contributed by atoms with Gasteiger partial charge in [-0.05, 0) is 55.7 Å². The van der Waals surface area contributed by atoms with Crippen LogP contribution in [0.3, 0.4) is 0 Å². The van der Waals surface area contributed by atoms with Gasteiger partial charge in [0.15, 0.2) is 0 Å². The second kappa shape index (κ2) is 8.49. The summed E-state index contributed by atoms with van der Waals surface area (Å²) in [6, 6.07) is 9.74. The molecule has 3 N–H and O–H groups in total. The first-order valence-electron chi connectivity index (χ1n) is 9.99. The van der Waals surface area contributed by atoms with Gasteiger partial charge in [-0.15, -0.1) is 0 Å². The summed E-state index contributed by atoms with van der Waals surface area (Å²) in [7, 11) is 0. The fraction of sp³-hybridized carbons (Fsp3) is 0.217. The van der Waals surface area contributed by atoms with Gasteiger partial charge in [-0.3, -0.25) is 0 Å². The van der Waals surface area contributed by atoms with E-state index < -0.39 is 11.7 Å². The number of aryl methyl sites for hydroxylation is 2. The van der Waals surface area contributed by atoms with Gasteiger partial charge in [-0.2, -0.15) is 13.2 Å². The molecule has 0 radical (unpaired) electrons. The molecule has 0 aliphatic rings. The van der Waals surface area contributed by atoms with Crippen LogP contribution in [0.5, 0.6) is 0 Å². The zero-order valence-electron chi connectivity index (χ0n) is 17.4. The van der Waals surface area contributed by atoms with Crippen LogP contribution in [0, 0.1) is 19.7 Å².